The zero-order valence-corrected chi connectivity index (χ0v) is 17.4. The van der Waals surface area contributed by atoms with Gasteiger partial charge in [0.1, 0.15) is 11.4 Å². The number of carbonyl (C=O) groups excluding carboxylic acids is 1. The van der Waals surface area contributed by atoms with Gasteiger partial charge in [-0.2, -0.15) is 5.10 Å². The number of aromatic nitrogens is 4. The standard InChI is InChI=1S/C22H18N4O4S/c1-13-11-17(21(28)29-13)31-22-24-23-19(30-22)18-15-9-5-6-10-16(15)20(27)26(25-18)12-14-7-3-2-4-8-14/h2-10,13,17H,11-12H2,1H3/t13-,17+/m1/s1. The van der Waals surface area contributed by atoms with Crippen LogP contribution < -0.4 is 5.56 Å². The van der Waals surface area contributed by atoms with Crippen molar-refractivity contribution in [3.8, 4) is 11.6 Å². The quantitative estimate of drug-likeness (QED) is 0.441. The first-order valence-corrected chi connectivity index (χ1v) is 10.7. The molecule has 4 aromatic rings. The molecule has 5 rings (SSSR count). The van der Waals surface area contributed by atoms with Gasteiger partial charge in [0.2, 0.25) is 0 Å². The minimum absolute atomic E-state index is 0.125. The van der Waals surface area contributed by atoms with Crippen molar-refractivity contribution in [3.63, 3.8) is 0 Å². The van der Waals surface area contributed by atoms with E-state index in [1.807, 2.05) is 49.4 Å². The van der Waals surface area contributed by atoms with Crippen LogP contribution in [0.4, 0.5) is 0 Å². The lowest BCUT2D eigenvalue weighted by Gasteiger charge is -2.09. The average Bonchev–Trinajstić information content (AvgIpc) is 3.37. The Morgan fingerprint density at radius 1 is 1.03 bits per heavy atom. The number of hydrogen-bond donors (Lipinski definition) is 0. The summed E-state index contributed by atoms with van der Waals surface area (Å²) in [4.78, 5) is 24.9. The van der Waals surface area contributed by atoms with Crippen LogP contribution >= 0.6 is 11.8 Å². The van der Waals surface area contributed by atoms with E-state index in [2.05, 4.69) is 15.3 Å². The van der Waals surface area contributed by atoms with E-state index in [0.717, 1.165) is 5.56 Å². The molecule has 156 valence electrons. The van der Waals surface area contributed by atoms with Crippen molar-refractivity contribution in [1.29, 1.82) is 0 Å². The Hall–Kier alpha value is -3.46. The summed E-state index contributed by atoms with van der Waals surface area (Å²) in [6, 6.07) is 16.8. The Kier molecular flexibility index (Phi) is 5.03. The Morgan fingerprint density at radius 3 is 2.52 bits per heavy atom. The Labute approximate surface area is 181 Å². The monoisotopic (exact) mass is 434 g/mol. The van der Waals surface area contributed by atoms with E-state index in [4.69, 9.17) is 9.15 Å². The number of fused-ring (bicyclic) bond motifs is 1. The number of cyclic esters (lactones) is 1. The van der Waals surface area contributed by atoms with Gasteiger partial charge in [-0.3, -0.25) is 9.59 Å². The molecule has 1 aliphatic rings. The summed E-state index contributed by atoms with van der Waals surface area (Å²) in [6.07, 6.45) is 0.462. The lowest BCUT2D eigenvalue weighted by molar-refractivity contribution is -0.140. The third-order valence-electron chi connectivity index (χ3n) is 5.02. The summed E-state index contributed by atoms with van der Waals surface area (Å²) >= 11 is 1.18. The highest BCUT2D eigenvalue weighted by atomic mass is 32.2. The van der Waals surface area contributed by atoms with Gasteiger partial charge in [-0.25, -0.2) is 4.68 Å². The van der Waals surface area contributed by atoms with Crippen LogP contribution in [0.25, 0.3) is 22.4 Å². The molecule has 31 heavy (non-hydrogen) atoms. The molecule has 0 bridgehead atoms. The molecule has 9 heteroatoms. The van der Waals surface area contributed by atoms with Crippen LogP contribution in [0, 0.1) is 0 Å². The van der Waals surface area contributed by atoms with Crippen molar-refractivity contribution in [1.82, 2.24) is 20.0 Å². The molecule has 0 N–H and O–H groups in total. The van der Waals surface area contributed by atoms with Crippen LogP contribution in [0.3, 0.4) is 0 Å². The number of rotatable bonds is 5. The Balaban J connectivity index is 1.54. The molecular formula is C22H18N4O4S. The van der Waals surface area contributed by atoms with E-state index in [-0.39, 0.29) is 34.0 Å². The molecule has 0 aliphatic carbocycles. The van der Waals surface area contributed by atoms with Gasteiger partial charge in [-0.15, -0.1) is 10.2 Å². The molecule has 1 aliphatic heterocycles. The van der Waals surface area contributed by atoms with Crippen LogP contribution in [0.5, 0.6) is 0 Å². The van der Waals surface area contributed by atoms with E-state index in [9.17, 15) is 9.59 Å². The number of hydrogen-bond acceptors (Lipinski definition) is 8. The van der Waals surface area contributed by atoms with Crippen molar-refractivity contribution >= 4 is 28.5 Å². The molecule has 0 unspecified atom stereocenters. The highest BCUT2D eigenvalue weighted by Gasteiger charge is 2.34. The van der Waals surface area contributed by atoms with Gasteiger partial charge in [0.15, 0.2) is 5.69 Å². The maximum Gasteiger partial charge on any atom is 0.320 e. The van der Waals surface area contributed by atoms with Crippen molar-refractivity contribution in [2.45, 2.75) is 36.5 Å². The second-order valence-corrected chi connectivity index (χ2v) is 8.46. The number of esters is 1. The molecule has 0 spiro atoms. The van der Waals surface area contributed by atoms with E-state index in [1.54, 1.807) is 12.1 Å². The molecule has 0 radical (unpaired) electrons. The predicted molar refractivity (Wildman–Crippen MR) is 115 cm³/mol. The second kappa shape index (κ2) is 7.99. The van der Waals surface area contributed by atoms with Crippen LogP contribution in [0.1, 0.15) is 18.9 Å². The molecule has 2 aromatic heterocycles. The van der Waals surface area contributed by atoms with Gasteiger partial charge in [0, 0.05) is 11.8 Å². The summed E-state index contributed by atoms with van der Waals surface area (Å²) in [5, 5.41) is 13.8. The third kappa shape index (κ3) is 3.84. The van der Waals surface area contributed by atoms with Crippen LogP contribution in [0.15, 0.2) is 69.0 Å². The highest BCUT2D eigenvalue weighted by molar-refractivity contribution is 8.00. The molecule has 2 atom stereocenters. The largest absolute Gasteiger partial charge is 0.462 e. The predicted octanol–water partition coefficient (Wildman–Crippen LogP) is 3.29. The summed E-state index contributed by atoms with van der Waals surface area (Å²) in [6.45, 7) is 2.17. The van der Waals surface area contributed by atoms with Gasteiger partial charge in [-0.05, 0) is 30.3 Å². The summed E-state index contributed by atoms with van der Waals surface area (Å²) in [5.41, 5.74) is 1.18. The van der Waals surface area contributed by atoms with E-state index < -0.39 is 0 Å². The fourth-order valence-corrected chi connectivity index (χ4v) is 4.53. The minimum Gasteiger partial charge on any atom is -0.462 e. The highest BCUT2D eigenvalue weighted by Crippen LogP contribution is 2.33. The molecule has 0 amide bonds. The van der Waals surface area contributed by atoms with Crippen molar-refractivity contribution < 1.29 is 13.9 Å². The maximum absolute atomic E-state index is 13.0. The smallest absolute Gasteiger partial charge is 0.320 e. The summed E-state index contributed by atoms with van der Waals surface area (Å²) < 4.78 is 12.4. The molecule has 3 heterocycles. The first-order valence-electron chi connectivity index (χ1n) is 9.83. The Morgan fingerprint density at radius 2 is 1.77 bits per heavy atom. The van der Waals surface area contributed by atoms with Crippen molar-refractivity contribution in [3.05, 3.63) is 70.5 Å². The SMILES string of the molecule is C[C@@H]1C[C@H](Sc2nnc(-c3nn(Cc4ccccc4)c(=O)c4ccccc34)o2)C(=O)O1. The number of benzene rings is 2. The van der Waals surface area contributed by atoms with E-state index in [0.29, 0.717) is 29.4 Å². The van der Waals surface area contributed by atoms with E-state index in [1.165, 1.54) is 16.4 Å². The molecule has 8 nitrogen and oxygen atoms in total. The van der Waals surface area contributed by atoms with Crippen molar-refractivity contribution in [2.75, 3.05) is 0 Å². The van der Waals surface area contributed by atoms with Gasteiger partial charge in [0.25, 0.3) is 16.7 Å². The lowest BCUT2D eigenvalue weighted by Crippen LogP contribution is -2.24. The second-order valence-electron chi connectivity index (χ2n) is 7.31. The van der Waals surface area contributed by atoms with Crippen molar-refractivity contribution in [2.24, 2.45) is 0 Å². The maximum atomic E-state index is 13.0. The topological polar surface area (TPSA) is 100 Å². The number of thioether (sulfide) groups is 1. The van der Waals surface area contributed by atoms with Gasteiger partial charge < -0.3 is 9.15 Å². The molecular weight excluding hydrogens is 416 g/mol. The normalized spacial score (nSPS) is 18.4. The first-order chi connectivity index (χ1) is 15.1. The van der Waals surface area contributed by atoms with Gasteiger partial charge >= 0.3 is 5.97 Å². The zero-order valence-electron chi connectivity index (χ0n) is 16.6. The number of ether oxygens (including phenoxy) is 1. The average molecular weight is 434 g/mol. The summed E-state index contributed by atoms with van der Waals surface area (Å²) in [5.74, 6) is -0.0860. The first kappa shape index (κ1) is 19.5. The van der Waals surface area contributed by atoms with Gasteiger partial charge in [0.05, 0.1) is 11.9 Å². The molecule has 1 fully saturated rings. The van der Waals surface area contributed by atoms with Crippen LogP contribution in [0.2, 0.25) is 0 Å². The van der Waals surface area contributed by atoms with E-state index >= 15 is 0 Å². The number of nitrogens with zero attached hydrogens (tertiary/aromatic N) is 4. The third-order valence-corrected chi connectivity index (χ3v) is 6.06. The van der Waals surface area contributed by atoms with Gasteiger partial charge in [-0.1, -0.05) is 48.5 Å². The minimum atomic E-state index is -0.375. The van der Waals surface area contributed by atoms with Crippen LogP contribution in [-0.4, -0.2) is 37.3 Å². The molecule has 1 saturated heterocycles. The Bertz CT molecular complexity index is 1320. The fourth-order valence-electron chi connectivity index (χ4n) is 3.55. The van der Waals surface area contributed by atoms with Crippen LogP contribution in [-0.2, 0) is 16.1 Å². The zero-order chi connectivity index (χ0) is 21.4. The molecule has 0 saturated carbocycles. The fraction of sp³-hybridized carbons (Fsp3) is 0.227. The lowest BCUT2D eigenvalue weighted by atomic mass is 10.1. The summed E-state index contributed by atoms with van der Waals surface area (Å²) in [7, 11) is 0. The number of carbonyl (C=O) groups is 1. The molecule has 2 aromatic carbocycles.